The highest BCUT2D eigenvalue weighted by molar-refractivity contribution is 9.10. The standard InChI is InChI=1S/C19H20BrN5/c1-13(2)23-19-24-17(14-7-9-21-10-8-14)11-18(25-19)22-12-15-5-3-4-6-16(15)20/h3-11,13H,12H2,1-2H3,(H2,22,23,24,25). The van der Waals surface area contributed by atoms with E-state index in [1.807, 2.05) is 36.4 Å². The quantitative estimate of drug-likeness (QED) is 0.629. The van der Waals surface area contributed by atoms with Crippen molar-refractivity contribution in [1.82, 2.24) is 15.0 Å². The van der Waals surface area contributed by atoms with E-state index in [4.69, 9.17) is 0 Å². The molecule has 0 spiro atoms. The van der Waals surface area contributed by atoms with E-state index in [0.717, 1.165) is 21.5 Å². The maximum absolute atomic E-state index is 4.62. The summed E-state index contributed by atoms with van der Waals surface area (Å²) in [6.45, 7) is 4.81. The first-order valence-electron chi connectivity index (χ1n) is 8.15. The summed E-state index contributed by atoms with van der Waals surface area (Å²) >= 11 is 3.58. The molecule has 0 radical (unpaired) electrons. The van der Waals surface area contributed by atoms with Crippen molar-refractivity contribution in [2.45, 2.75) is 26.4 Å². The second kappa shape index (κ2) is 8.07. The highest BCUT2D eigenvalue weighted by Crippen LogP contribution is 2.22. The molecular formula is C19H20BrN5. The number of rotatable bonds is 6. The highest BCUT2D eigenvalue weighted by Gasteiger charge is 2.08. The molecule has 6 heteroatoms. The molecule has 3 aromatic rings. The van der Waals surface area contributed by atoms with E-state index in [2.05, 4.69) is 61.4 Å². The smallest absolute Gasteiger partial charge is 0.225 e. The number of benzene rings is 1. The zero-order valence-electron chi connectivity index (χ0n) is 14.2. The molecule has 5 nitrogen and oxygen atoms in total. The highest BCUT2D eigenvalue weighted by atomic mass is 79.9. The van der Waals surface area contributed by atoms with Gasteiger partial charge in [-0.15, -0.1) is 0 Å². The molecule has 0 fully saturated rings. The molecule has 0 saturated heterocycles. The van der Waals surface area contributed by atoms with E-state index in [-0.39, 0.29) is 6.04 Å². The van der Waals surface area contributed by atoms with Crippen LogP contribution in [0.25, 0.3) is 11.3 Å². The number of nitrogens with one attached hydrogen (secondary N) is 2. The van der Waals surface area contributed by atoms with Gasteiger partial charge in [0.05, 0.1) is 5.69 Å². The topological polar surface area (TPSA) is 62.7 Å². The molecule has 25 heavy (non-hydrogen) atoms. The van der Waals surface area contributed by atoms with Crippen LogP contribution in [0.5, 0.6) is 0 Å². The molecule has 0 aliphatic heterocycles. The molecule has 0 unspecified atom stereocenters. The summed E-state index contributed by atoms with van der Waals surface area (Å²) in [5.74, 6) is 1.39. The predicted molar refractivity (Wildman–Crippen MR) is 105 cm³/mol. The Bertz CT molecular complexity index is 836. The van der Waals surface area contributed by atoms with Crippen LogP contribution in [-0.4, -0.2) is 21.0 Å². The van der Waals surface area contributed by atoms with E-state index in [1.54, 1.807) is 12.4 Å². The third kappa shape index (κ3) is 4.76. The molecule has 3 rings (SSSR count). The Morgan fingerprint density at radius 1 is 1.04 bits per heavy atom. The zero-order valence-corrected chi connectivity index (χ0v) is 15.8. The molecular weight excluding hydrogens is 378 g/mol. The molecule has 0 aliphatic rings. The van der Waals surface area contributed by atoms with Gasteiger partial charge in [0, 0.05) is 41.1 Å². The SMILES string of the molecule is CC(C)Nc1nc(NCc2ccccc2Br)cc(-c2ccncc2)n1. The van der Waals surface area contributed by atoms with Gasteiger partial charge < -0.3 is 10.6 Å². The molecule has 0 atom stereocenters. The molecule has 0 aliphatic carbocycles. The van der Waals surface area contributed by atoms with Gasteiger partial charge in [0.1, 0.15) is 5.82 Å². The predicted octanol–water partition coefficient (Wildman–Crippen LogP) is 4.73. The average molecular weight is 398 g/mol. The number of pyridine rings is 1. The number of nitrogens with zero attached hydrogens (tertiary/aromatic N) is 3. The van der Waals surface area contributed by atoms with Crippen LogP contribution in [0.3, 0.4) is 0 Å². The molecule has 0 amide bonds. The number of hydrogen-bond donors (Lipinski definition) is 2. The van der Waals surface area contributed by atoms with Crippen LogP contribution in [-0.2, 0) is 6.54 Å². The first-order valence-corrected chi connectivity index (χ1v) is 8.94. The van der Waals surface area contributed by atoms with Crippen molar-refractivity contribution < 1.29 is 0 Å². The minimum atomic E-state index is 0.254. The van der Waals surface area contributed by atoms with Crippen LogP contribution in [0.1, 0.15) is 19.4 Å². The number of anilines is 2. The number of halogens is 1. The Kier molecular flexibility index (Phi) is 5.60. The summed E-state index contributed by atoms with van der Waals surface area (Å²) < 4.78 is 1.08. The van der Waals surface area contributed by atoms with Crippen molar-refractivity contribution in [3.63, 3.8) is 0 Å². The molecule has 1 aromatic carbocycles. The lowest BCUT2D eigenvalue weighted by molar-refractivity contribution is 0.874. The van der Waals surface area contributed by atoms with Crippen molar-refractivity contribution in [1.29, 1.82) is 0 Å². The fourth-order valence-electron chi connectivity index (χ4n) is 2.36. The number of hydrogen-bond acceptors (Lipinski definition) is 5. The van der Waals surface area contributed by atoms with Crippen LogP contribution >= 0.6 is 15.9 Å². The summed E-state index contributed by atoms with van der Waals surface area (Å²) in [6.07, 6.45) is 3.53. The first kappa shape index (κ1) is 17.4. The maximum Gasteiger partial charge on any atom is 0.225 e. The largest absolute Gasteiger partial charge is 0.366 e. The van der Waals surface area contributed by atoms with Gasteiger partial charge in [-0.1, -0.05) is 34.1 Å². The van der Waals surface area contributed by atoms with Gasteiger partial charge in [-0.3, -0.25) is 4.98 Å². The Labute approximate surface area is 156 Å². The first-order chi connectivity index (χ1) is 12.1. The zero-order chi connectivity index (χ0) is 17.6. The Balaban J connectivity index is 1.88. The monoisotopic (exact) mass is 397 g/mol. The summed E-state index contributed by atoms with van der Waals surface area (Å²) in [4.78, 5) is 13.3. The molecule has 2 heterocycles. The van der Waals surface area contributed by atoms with Crippen molar-refractivity contribution in [2.75, 3.05) is 10.6 Å². The van der Waals surface area contributed by atoms with E-state index in [1.165, 1.54) is 5.56 Å². The van der Waals surface area contributed by atoms with Gasteiger partial charge in [0.25, 0.3) is 0 Å². The minimum absolute atomic E-state index is 0.254. The van der Waals surface area contributed by atoms with Gasteiger partial charge in [-0.2, -0.15) is 4.98 Å². The maximum atomic E-state index is 4.62. The fourth-order valence-corrected chi connectivity index (χ4v) is 2.78. The van der Waals surface area contributed by atoms with Gasteiger partial charge in [-0.25, -0.2) is 4.98 Å². The summed E-state index contributed by atoms with van der Waals surface area (Å²) in [5.41, 5.74) is 3.04. The van der Waals surface area contributed by atoms with E-state index in [9.17, 15) is 0 Å². The van der Waals surface area contributed by atoms with E-state index < -0.39 is 0 Å². The molecule has 0 bridgehead atoms. The second-order valence-electron chi connectivity index (χ2n) is 5.94. The van der Waals surface area contributed by atoms with Crippen molar-refractivity contribution in [2.24, 2.45) is 0 Å². The van der Waals surface area contributed by atoms with Crippen molar-refractivity contribution in [3.8, 4) is 11.3 Å². The van der Waals surface area contributed by atoms with Gasteiger partial charge >= 0.3 is 0 Å². The lowest BCUT2D eigenvalue weighted by Gasteiger charge is -2.13. The molecule has 128 valence electrons. The Hall–Kier alpha value is -2.47. The van der Waals surface area contributed by atoms with Gasteiger partial charge in [-0.05, 0) is 37.6 Å². The van der Waals surface area contributed by atoms with Crippen LogP contribution < -0.4 is 10.6 Å². The van der Waals surface area contributed by atoms with Crippen LogP contribution in [0.2, 0.25) is 0 Å². The fraction of sp³-hybridized carbons (Fsp3) is 0.211. The van der Waals surface area contributed by atoms with Crippen molar-refractivity contribution >= 4 is 27.7 Å². The molecule has 2 N–H and O–H groups in total. The lowest BCUT2D eigenvalue weighted by Crippen LogP contribution is -2.14. The van der Waals surface area contributed by atoms with Crippen molar-refractivity contribution in [3.05, 3.63) is 64.9 Å². The summed E-state index contributed by atoms with van der Waals surface area (Å²) in [6, 6.07) is 14.2. The van der Waals surface area contributed by atoms with E-state index >= 15 is 0 Å². The summed E-state index contributed by atoms with van der Waals surface area (Å²) in [5, 5.41) is 6.67. The third-order valence-electron chi connectivity index (χ3n) is 3.54. The lowest BCUT2D eigenvalue weighted by atomic mass is 10.2. The second-order valence-corrected chi connectivity index (χ2v) is 6.80. The molecule has 0 saturated carbocycles. The third-order valence-corrected chi connectivity index (χ3v) is 4.31. The van der Waals surface area contributed by atoms with Crippen LogP contribution in [0, 0.1) is 0 Å². The number of aromatic nitrogens is 3. The van der Waals surface area contributed by atoms with Crippen LogP contribution in [0.4, 0.5) is 11.8 Å². The van der Waals surface area contributed by atoms with Gasteiger partial charge in [0.2, 0.25) is 5.95 Å². The molecule has 2 aromatic heterocycles. The Morgan fingerprint density at radius 3 is 2.52 bits per heavy atom. The average Bonchev–Trinajstić information content (AvgIpc) is 2.61. The Morgan fingerprint density at radius 2 is 1.80 bits per heavy atom. The van der Waals surface area contributed by atoms with Crippen LogP contribution in [0.15, 0.2) is 59.3 Å². The normalized spacial score (nSPS) is 10.7. The minimum Gasteiger partial charge on any atom is -0.366 e. The van der Waals surface area contributed by atoms with Gasteiger partial charge in [0.15, 0.2) is 0 Å². The van der Waals surface area contributed by atoms with E-state index in [0.29, 0.717) is 12.5 Å². The summed E-state index contributed by atoms with van der Waals surface area (Å²) in [7, 11) is 0.